The second-order valence-corrected chi connectivity index (χ2v) is 5.19. The SMILES string of the molecule is CC#CCC(NCC)C1(OC)CCC(C)CC1. The summed E-state index contributed by atoms with van der Waals surface area (Å²) in [5, 5.41) is 3.57. The zero-order chi connectivity index (χ0) is 12.7. The molecule has 2 heteroatoms. The molecule has 0 saturated heterocycles. The van der Waals surface area contributed by atoms with Crippen LogP contribution in [-0.4, -0.2) is 25.3 Å². The van der Waals surface area contributed by atoms with Crippen molar-refractivity contribution in [2.75, 3.05) is 13.7 Å². The highest BCUT2D eigenvalue weighted by Crippen LogP contribution is 2.37. The lowest BCUT2D eigenvalue weighted by Crippen LogP contribution is -2.53. The third-order valence-electron chi connectivity index (χ3n) is 4.10. The fourth-order valence-corrected chi connectivity index (χ4v) is 2.84. The third-order valence-corrected chi connectivity index (χ3v) is 4.10. The monoisotopic (exact) mass is 237 g/mol. The number of hydrogen-bond donors (Lipinski definition) is 1. The van der Waals surface area contributed by atoms with E-state index in [0.29, 0.717) is 6.04 Å². The molecule has 0 aromatic rings. The minimum atomic E-state index is 0.00632. The summed E-state index contributed by atoms with van der Waals surface area (Å²) in [7, 11) is 1.86. The number of hydrogen-bond acceptors (Lipinski definition) is 2. The molecular formula is C15H27NO. The summed E-state index contributed by atoms with van der Waals surface area (Å²) < 4.78 is 5.91. The van der Waals surface area contributed by atoms with E-state index in [1.54, 1.807) is 0 Å². The summed E-state index contributed by atoms with van der Waals surface area (Å²) >= 11 is 0. The second kappa shape index (κ2) is 7.03. The summed E-state index contributed by atoms with van der Waals surface area (Å²) in [6, 6.07) is 0.373. The first-order chi connectivity index (χ1) is 8.18. The van der Waals surface area contributed by atoms with Gasteiger partial charge in [-0.3, -0.25) is 0 Å². The van der Waals surface area contributed by atoms with E-state index in [0.717, 1.165) is 31.7 Å². The highest BCUT2D eigenvalue weighted by molar-refractivity contribution is 5.05. The quantitative estimate of drug-likeness (QED) is 0.742. The Morgan fingerprint density at radius 3 is 2.53 bits per heavy atom. The van der Waals surface area contributed by atoms with Crippen LogP contribution in [0.1, 0.15) is 52.9 Å². The van der Waals surface area contributed by atoms with Crippen molar-refractivity contribution in [3.05, 3.63) is 0 Å². The van der Waals surface area contributed by atoms with Crippen molar-refractivity contribution in [3.8, 4) is 11.8 Å². The highest BCUT2D eigenvalue weighted by atomic mass is 16.5. The van der Waals surface area contributed by atoms with E-state index in [1.165, 1.54) is 12.8 Å². The van der Waals surface area contributed by atoms with Gasteiger partial charge in [0.25, 0.3) is 0 Å². The summed E-state index contributed by atoms with van der Waals surface area (Å²) in [5.41, 5.74) is 0.00632. The van der Waals surface area contributed by atoms with E-state index in [9.17, 15) is 0 Å². The molecule has 0 heterocycles. The molecule has 0 bridgehead atoms. The maximum absolute atomic E-state index is 5.91. The van der Waals surface area contributed by atoms with Gasteiger partial charge in [-0.05, 0) is 45.1 Å². The summed E-state index contributed by atoms with van der Waals surface area (Å²) in [6.45, 7) is 7.39. The molecule has 0 aliphatic heterocycles. The average Bonchev–Trinajstić information content (AvgIpc) is 2.36. The van der Waals surface area contributed by atoms with E-state index in [1.807, 2.05) is 14.0 Å². The van der Waals surface area contributed by atoms with Crippen LogP contribution in [0, 0.1) is 17.8 Å². The largest absolute Gasteiger partial charge is 0.377 e. The standard InChI is InChI=1S/C15H27NO/c1-5-7-8-14(16-6-2)15(17-4)11-9-13(3)10-12-15/h13-14,16H,6,8-12H2,1-4H3. The van der Waals surface area contributed by atoms with Gasteiger partial charge < -0.3 is 10.1 Å². The van der Waals surface area contributed by atoms with E-state index in [2.05, 4.69) is 31.0 Å². The van der Waals surface area contributed by atoms with Gasteiger partial charge in [-0.25, -0.2) is 0 Å². The molecule has 0 aromatic carbocycles. The van der Waals surface area contributed by atoms with Crippen LogP contribution in [0.3, 0.4) is 0 Å². The van der Waals surface area contributed by atoms with Crippen LogP contribution in [-0.2, 0) is 4.74 Å². The molecule has 0 amide bonds. The smallest absolute Gasteiger partial charge is 0.0840 e. The molecular weight excluding hydrogens is 210 g/mol. The number of nitrogens with one attached hydrogen (secondary N) is 1. The number of ether oxygens (including phenoxy) is 1. The summed E-state index contributed by atoms with van der Waals surface area (Å²) in [5.74, 6) is 7.05. The number of methoxy groups -OCH3 is 1. The average molecular weight is 237 g/mol. The molecule has 0 aromatic heterocycles. The Morgan fingerprint density at radius 2 is 2.06 bits per heavy atom. The van der Waals surface area contributed by atoms with Crippen molar-refractivity contribution >= 4 is 0 Å². The molecule has 1 aliphatic rings. The van der Waals surface area contributed by atoms with Gasteiger partial charge in [0.15, 0.2) is 0 Å². The Kier molecular flexibility index (Phi) is 6.02. The van der Waals surface area contributed by atoms with E-state index in [-0.39, 0.29) is 5.60 Å². The Morgan fingerprint density at radius 1 is 1.41 bits per heavy atom. The molecule has 98 valence electrons. The minimum absolute atomic E-state index is 0.00632. The van der Waals surface area contributed by atoms with Crippen LogP contribution >= 0.6 is 0 Å². The van der Waals surface area contributed by atoms with E-state index < -0.39 is 0 Å². The maximum atomic E-state index is 5.91. The van der Waals surface area contributed by atoms with Gasteiger partial charge in [-0.15, -0.1) is 11.8 Å². The van der Waals surface area contributed by atoms with Crippen molar-refractivity contribution in [1.29, 1.82) is 0 Å². The Labute approximate surface area is 107 Å². The van der Waals surface area contributed by atoms with Gasteiger partial charge in [0, 0.05) is 19.6 Å². The molecule has 0 radical (unpaired) electrons. The van der Waals surface area contributed by atoms with Crippen LogP contribution in [0.15, 0.2) is 0 Å². The lowest BCUT2D eigenvalue weighted by molar-refractivity contribution is -0.0732. The van der Waals surface area contributed by atoms with Crippen LogP contribution in [0.2, 0.25) is 0 Å². The predicted octanol–water partition coefficient (Wildman–Crippen LogP) is 2.97. The van der Waals surface area contributed by atoms with Crippen molar-refractivity contribution in [3.63, 3.8) is 0 Å². The summed E-state index contributed by atoms with van der Waals surface area (Å²) in [4.78, 5) is 0. The van der Waals surface area contributed by atoms with Gasteiger partial charge in [0.1, 0.15) is 0 Å². The van der Waals surface area contributed by atoms with Crippen LogP contribution < -0.4 is 5.32 Å². The molecule has 1 aliphatic carbocycles. The van der Waals surface area contributed by atoms with Crippen LogP contribution in [0.4, 0.5) is 0 Å². The molecule has 2 nitrogen and oxygen atoms in total. The molecule has 0 spiro atoms. The topological polar surface area (TPSA) is 21.3 Å². The summed E-state index contributed by atoms with van der Waals surface area (Å²) in [6.07, 6.45) is 5.76. The van der Waals surface area contributed by atoms with E-state index in [4.69, 9.17) is 4.74 Å². The zero-order valence-corrected chi connectivity index (χ0v) is 11.8. The molecule has 17 heavy (non-hydrogen) atoms. The van der Waals surface area contributed by atoms with Crippen molar-refractivity contribution in [2.45, 2.75) is 64.5 Å². The molecule has 1 unspecified atom stereocenters. The fraction of sp³-hybridized carbons (Fsp3) is 0.867. The normalized spacial score (nSPS) is 30.5. The van der Waals surface area contributed by atoms with Gasteiger partial charge in [0.2, 0.25) is 0 Å². The second-order valence-electron chi connectivity index (χ2n) is 5.19. The van der Waals surface area contributed by atoms with Crippen molar-refractivity contribution < 1.29 is 4.74 Å². The lowest BCUT2D eigenvalue weighted by Gasteiger charge is -2.43. The first-order valence-electron chi connectivity index (χ1n) is 6.86. The highest BCUT2D eigenvalue weighted by Gasteiger charge is 2.40. The lowest BCUT2D eigenvalue weighted by atomic mass is 9.74. The molecule has 1 N–H and O–H groups in total. The fourth-order valence-electron chi connectivity index (χ4n) is 2.84. The molecule has 1 fully saturated rings. The maximum Gasteiger partial charge on any atom is 0.0840 e. The molecule has 1 rings (SSSR count). The molecule has 1 atom stereocenters. The van der Waals surface area contributed by atoms with Gasteiger partial charge in [-0.1, -0.05) is 13.8 Å². The number of rotatable bonds is 5. The Balaban J connectivity index is 2.74. The van der Waals surface area contributed by atoms with Gasteiger partial charge in [-0.2, -0.15) is 0 Å². The van der Waals surface area contributed by atoms with Gasteiger partial charge in [0.05, 0.1) is 5.60 Å². The zero-order valence-electron chi connectivity index (χ0n) is 11.8. The molecule has 1 saturated carbocycles. The van der Waals surface area contributed by atoms with Crippen molar-refractivity contribution in [1.82, 2.24) is 5.32 Å². The third kappa shape index (κ3) is 3.72. The van der Waals surface area contributed by atoms with Crippen LogP contribution in [0.5, 0.6) is 0 Å². The Hall–Kier alpha value is -0.520. The first kappa shape index (κ1) is 14.5. The minimum Gasteiger partial charge on any atom is -0.377 e. The van der Waals surface area contributed by atoms with Crippen molar-refractivity contribution in [2.24, 2.45) is 5.92 Å². The van der Waals surface area contributed by atoms with Gasteiger partial charge >= 0.3 is 0 Å². The Bertz CT molecular complexity index is 268. The van der Waals surface area contributed by atoms with E-state index >= 15 is 0 Å². The predicted molar refractivity (Wildman–Crippen MR) is 72.9 cm³/mol. The first-order valence-corrected chi connectivity index (χ1v) is 6.86. The number of likely N-dealkylation sites (N-methyl/N-ethyl adjacent to an activating group) is 1. The van der Waals surface area contributed by atoms with Crippen LogP contribution in [0.25, 0.3) is 0 Å².